The molecule has 0 unspecified atom stereocenters. The van der Waals surface area contributed by atoms with E-state index in [4.69, 9.17) is 5.73 Å². The maximum Gasteiger partial charge on any atom is 0.264 e. The molecule has 0 aromatic heterocycles. The molecule has 0 aliphatic heterocycles. The van der Waals surface area contributed by atoms with Crippen LogP contribution in [0.1, 0.15) is 30.5 Å². The van der Waals surface area contributed by atoms with Gasteiger partial charge >= 0.3 is 0 Å². The summed E-state index contributed by atoms with van der Waals surface area (Å²) in [6, 6.07) is 5.23. The van der Waals surface area contributed by atoms with E-state index in [0.717, 1.165) is 0 Å². The van der Waals surface area contributed by atoms with Crippen LogP contribution in [0.5, 0.6) is 0 Å². The van der Waals surface area contributed by atoms with Crippen LogP contribution in [0, 0.1) is 0 Å². The van der Waals surface area contributed by atoms with Crippen LogP contribution in [-0.2, 0) is 0 Å². The molecule has 2 atom stereocenters. The molecule has 4 heteroatoms. The lowest BCUT2D eigenvalue weighted by atomic mass is 9.98. The lowest BCUT2D eigenvalue weighted by Crippen LogP contribution is -2.24. The standard InChI is InChI=1S/C10H13F2NO/c1-6(14)9(13)7-4-2-3-5-8(7)10(11)12/h2-6,9-10,14H,13H2,1H3/t6-,9+/m1/s1. The fourth-order valence-electron chi connectivity index (χ4n) is 1.27. The average molecular weight is 201 g/mol. The van der Waals surface area contributed by atoms with Crippen LogP contribution in [0.25, 0.3) is 0 Å². The predicted molar refractivity (Wildman–Crippen MR) is 50.0 cm³/mol. The summed E-state index contributed by atoms with van der Waals surface area (Å²) in [7, 11) is 0. The van der Waals surface area contributed by atoms with Crippen LogP contribution in [0.2, 0.25) is 0 Å². The van der Waals surface area contributed by atoms with Gasteiger partial charge in [0, 0.05) is 5.56 Å². The van der Waals surface area contributed by atoms with Crippen LogP contribution in [0.4, 0.5) is 8.78 Å². The smallest absolute Gasteiger partial charge is 0.264 e. The molecule has 1 rings (SSSR count). The monoisotopic (exact) mass is 201 g/mol. The Morgan fingerprint density at radius 1 is 1.21 bits per heavy atom. The van der Waals surface area contributed by atoms with Crippen LogP contribution >= 0.6 is 0 Å². The van der Waals surface area contributed by atoms with Gasteiger partial charge in [0.15, 0.2) is 0 Å². The molecular weight excluding hydrogens is 188 g/mol. The van der Waals surface area contributed by atoms with Gasteiger partial charge in [-0.2, -0.15) is 0 Å². The van der Waals surface area contributed by atoms with Crippen molar-refractivity contribution in [1.29, 1.82) is 0 Å². The first kappa shape index (κ1) is 11.1. The number of halogens is 2. The summed E-state index contributed by atoms with van der Waals surface area (Å²) in [6.07, 6.45) is -3.40. The molecule has 0 spiro atoms. The van der Waals surface area contributed by atoms with Gasteiger partial charge in [-0.25, -0.2) is 8.78 Å². The second kappa shape index (κ2) is 4.48. The minimum Gasteiger partial charge on any atom is -0.391 e. The van der Waals surface area contributed by atoms with Crippen LogP contribution in [0.15, 0.2) is 24.3 Å². The molecule has 0 radical (unpaired) electrons. The molecule has 0 bridgehead atoms. The van der Waals surface area contributed by atoms with Gasteiger partial charge in [-0.05, 0) is 12.5 Å². The van der Waals surface area contributed by atoms with Crippen LogP contribution in [-0.4, -0.2) is 11.2 Å². The van der Waals surface area contributed by atoms with E-state index >= 15 is 0 Å². The van der Waals surface area contributed by atoms with Crippen molar-refractivity contribution in [1.82, 2.24) is 0 Å². The Balaban J connectivity index is 3.06. The van der Waals surface area contributed by atoms with Gasteiger partial charge in [0.2, 0.25) is 0 Å². The van der Waals surface area contributed by atoms with Gasteiger partial charge in [-0.3, -0.25) is 0 Å². The van der Waals surface area contributed by atoms with Crippen molar-refractivity contribution in [3.8, 4) is 0 Å². The molecule has 14 heavy (non-hydrogen) atoms. The first-order chi connectivity index (χ1) is 6.54. The lowest BCUT2D eigenvalue weighted by Gasteiger charge is -2.18. The van der Waals surface area contributed by atoms with E-state index in [2.05, 4.69) is 0 Å². The largest absolute Gasteiger partial charge is 0.391 e. The molecule has 0 fully saturated rings. The molecule has 0 saturated carbocycles. The van der Waals surface area contributed by atoms with Crippen molar-refractivity contribution >= 4 is 0 Å². The Bertz CT molecular complexity index is 302. The highest BCUT2D eigenvalue weighted by Gasteiger charge is 2.19. The van der Waals surface area contributed by atoms with Crippen molar-refractivity contribution in [3.05, 3.63) is 35.4 Å². The van der Waals surface area contributed by atoms with Gasteiger partial charge in [-0.1, -0.05) is 24.3 Å². The zero-order valence-electron chi connectivity index (χ0n) is 7.82. The van der Waals surface area contributed by atoms with Crippen molar-refractivity contribution < 1.29 is 13.9 Å². The van der Waals surface area contributed by atoms with E-state index in [1.54, 1.807) is 6.07 Å². The number of benzene rings is 1. The van der Waals surface area contributed by atoms with Gasteiger partial charge in [0.25, 0.3) is 6.43 Å². The number of alkyl halides is 2. The SMILES string of the molecule is C[C@@H](O)[C@H](N)c1ccccc1C(F)F. The fourth-order valence-corrected chi connectivity index (χ4v) is 1.27. The Kier molecular flexibility index (Phi) is 3.55. The summed E-state index contributed by atoms with van der Waals surface area (Å²) >= 11 is 0. The van der Waals surface area contributed by atoms with Gasteiger partial charge < -0.3 is 10.8 Å². The van der Waals surface area contributed by atoms with Crippen molar-refractivity contribution in [3.63, 3.8) is 0 Å². The molecule has 0 heterocycles. The molecule has 1 aromatic rings. The number of aliphatic hydroxyl groups is 1. The minimum absolute atomic E-state index is 0.110. The summed E-state index contributed by atoms with van der Waals surface area (Å²) in [5.41, 5.74) is 5.79. The molecule has 2 nitrogen and oxygen atoms in total. The average Bonchev–Trinajstić information content (AvgIpc) is 2.16. The lowest BCUT2D eigenvalue weighted by molar-refractivity contribution is 0.141. The number of nitrogens with two attached hydrogens (primary N) is 1. The van der Waals surface area contributed by atoms with E-state index in [1.165, 1.54) is 25.1 Å². The second-order valence-corrected chi connectivity index (χ2v) is 3.20. The first-order valence-electron chi connectivity index (χ1n) is 4.34. The minimum atomic E-state index is -2.56. The highest BCUT2D eigenvalue weighted by Crippen LogP contribution is 2.27. The Morgan fingerprint density at radius 3 is 2.14 bits per heavy atom. The topological polar surface area (TPSA) is 46.2 Å². The van der Waals surface area contributed by atoms with Crippen LogP contribution in [0.3, 0.4) is 0 Å². The highest BCUT2D eigenvalue weighted by atomic mass is 19.3. The molecule has 3 N–H and O–H groups in total. The van der Waals surface area contributed by atoms with Gasteiger partial charge in [-0.15, -0.1) is 0 Å². The molecule has 78 valence electrons. The Morgan fingerprint density at radius 2 is 1.71 bits per heavy atom. The van der Waals surface area contributed by atoms with E-state index in [-0.39, 0.29) is 5.56 Å². The summed E-state index contributed by atoms with van der Waals surface area (Å²) in [4.78, 5) is 0. The molecular formula is C10H13F2NO. The predicted octanol–water partition coefficient (Wildman–Crippen LogP) is 2.00. The molecule has 0 amide bonds. The summed E-state index contributed by atoms with van der Waals surface area (Å²) in [6.45, 7) is 1.48. The Hall–Kier alpha value is -1.00. The van der Waals surface area contributed by atoms with Gasteiger partial charge in [0.1, 0.15) is 0 Å². The highest BCUT2D eigenvalue weighted by molar-refractivity contribution is 5.31. The zero-order chi connectivity index (χ0) is 10.7. The van der Waals surface area contributed by atoms with Crippen molar-refractivity contribution in [2.45, 2.75) is 25.5 Å². The zero-order valence-corrected chi connectivity index (χ0v) is 7.82. The van der Waals surface area contributed by atoms with Crippen molar-refractivity contribution in [2.75, 3.05) is 0 Å². The van der Waals surface area contributed by atoms with Crippen molar-refractivity contribution in [2.24, 2.45) is 5.73 Å². The third-order valence-electron chi connectivity index (χ3n) is 2.11. The first-order valence-corrected chi connectivity index (χ1v) is 4.34. The fraction of sp³-hybridized carbons (Fsp3) is 0.400. The maximum absolute atomic E-state index is 12.5. The normalized spacial score (nSPS) is 15.6. The number of aliphatic hydroxyl groups excluding tert-OH is 1. The Labute approximate surface area is 81.4 Å². The summed E-state index contributed by atoms with van der Waals surface area (Å²) in [5, 5.41) is 9.21. The summed E-state index contributed by atoms with van der Waals surface area (Å²) < 4.78 is 25.0. The maximum atomic E-state index is 12.5. The van der Waals surface area contributed by atoms with Gasteiger partial charge in [0.05, 0.1) is 12.1 Å². The number of hydrogen-bond donors (Lipinski definition) is 2. The van der Waals surface area contributed by atoms with Crippen LogP contribution < -0.4 is 5.73 Å². The van der Waals surface area contributed by atoms with E-state index in [1.807, 2.05) is 0 Å². The number of rotatable bonds is 3. The molecule has 0 saturated heterocycles. The van der Waals surface area contributed by atoms with E-state index < -0.39 is 18.6 Å². The third kappa shape index (κ3) is 2.27. The number of hydrogen-bond acceptors (Lipinski definition) is 2. The molecule has 1 aromatic carbocycles. The van der Waals surface area contributed by atoms with E-state index in [0.29, 0.717) is 5.56 Å². The second-order valence-electron chi connectivity index (χ2n) is 3.20. The third-order valence-corrected chi connectivity index (χ3v) is 2.11. The molecule has 0 aliphatic rings. The summed E-state index contributed by atoms with van der Waals surface area (Å²) in [5.74, 6) is 0. The quantitative estimate of drug-likeness (QED) is 0.785. The molecule has 0 aliphatic carbocycles. The van der Waals surface area contributed by atoms with E-state index in [9.17, 15) is 13.9 Å².